The molecule has 0 aliphatic carbocycles. The van der Waals surface area contributed by atoms with Crippen molar-refractivity contribution in [3.05, 3.63) is 0 Å². The average molecular weight is 281 g/mol. The summed E-state index contributed by atoms with van der Waals surface area (Å²) in [5, 5.41) is 3.16. The Hall–Kier alpha value is -0.610. The van der Waals surface area contributed by atoms with Gasteiger partial charge in [0.25, 0.3) is 0 Å². The van der Waals surface area contributed by atoms with E-state index in [-0.39, 0.29) is 11.8 Å². The number of carbonyl (C=O) groups excluding carboxylic acids is 1. The Morgan fingerprint density at radius 2 is 1.90 bits per heavy atom. The maximum atomic E-state index is 12.2. The SMILES string of the molecule is CC(C)N1CCC(C(=O)NCCC2CCCN2C)CC1. The molecule has 0 radical (unpaired) electrons. The second-order valence-corrected chi connectivity index (χ2v) is 6.76. The molecule has 2 saturated heterocycles. The number of hydrogen-bond donors (Lipinski definition) is 1. The molecule has 2 aliphatic heterocycles. The minimum Gasteiger partial charge on any atom is -0.356 e. The number of hydrogen-bond acceptors (Lipinski definition) is 3. The lowest BCUT2D eigenvalue weighted by Gasteiger charge is -2.34. The van der Waals surface area contributed by atoms with Gasteiger partial charge in [-0.15, -0.1) is 0 Å². The van der Waals surface area contributed by atoms with Gasteiger partial charge in [-0.2, -0.15) is 0 Å². The highest BCUT2D eigenvalue weighted by Gasteiger charge is 2.26. The van der Waals surface area contributed by atoms with E-state index in [2.05, 4.69) is 36.0 Å². The predicted octanol–water partition coefficient (Wildman–Crippen LogP) is 1.71. The van der Waals surface area contributed by atoms with Crippen LogP contribution in [0.1, 0.15) is 46.0 Å². The van der Waals surface area contributed by atoms with Gasteiger partial charge in [0.05, 0.1) is 0 Å². The molecule has 0 aromatic carbocycles. The van der Waals surface area contributed by atoms with E-state index in [4.69, 9.17) is 0 Å². The van der Waals surface area contributed by atoms with Crippen LogP contribution in [-0.2, 0) is 4.79 Å². The van der Waals surface area contributed by atoms with Gasteiger partial charge >= 0.3 is 0 Å². The molecular weight excluding hydrogens is 250 g/mol. The summed E-state index contributed by atoms with van der Waals surface area (Å²) >= 11 is 0. The van der Waals surface area contributed by atoms with Crippen molar-refractivity contribution in [1.82, 2.24) is 15.1 Å². The quantitative estimate of drug-likeness (QED) is 0.833. The van der Waals surface area contributed by atoms with Gasteiger partial charge in [0.15, 0.2) is 0 Å². The second kappa shape index (κ2) is 7.41. The smallest absolute Gasteiger partial charge is 0.223 e. The van der Waals surface area contributed by atoms with Gasteiger partial charge in [0.1, 0.15) is 0 Å². The molecule has 0 aromatic rings. The summed E-state index contributed by atoms with van der Waals surface area (Å²) < 4.78 is 0. The fourth-order valence-corrected chi connectivity index (χ4v) is 3.53. The topological polar surface area (TPSA) is 35.6 Å². The zero-order valence-corrected chi connectivity index (χ0v) is 13.4. The molecule has 1 amide bonds. The van der Waals surface area contributed by atoms with Crippen molar-refractivity contribution in [2.45, 2.75) is 58.0 Å². The van der Waals surface area contributed by atoms with Crippen LogP contribution in [0, 0.1) is 5.92 Å². The summed E-state index contributed by atoms with van der Waals surface area (Å²) in [6.07, 6.45) is 5.75. The fraction of sp³-hybridized carbons (Fsp3) is 0.938. The lowest BCUT2D eigenvalue weighted by atomic mass is 9.95. The van der Waals surface area contributed by atoms with Crippen molar-refractivity contribution in [2.24, 2.45) is 5.92 Å². The maximum Gasteiger partial charge on any atom is 0.223 e. The van der Waals surface area contributed by atoms with Gasteiger partial charge in [-0.25, -0.2) is 0 Å². The van der Waals surface area contributed by atoms with E-state index >= 15 is 0 Å². The molecule has 116 valence electrons. The first-order chi connectivity index (χ1) is 9.58. The van der Waals surface area contributed by atoms with E-state index < -0.39 is 0 Å². The molecule has 4 nitrogen and oxygen atoms in total. The van der Waals surface area contributed by atoms with Crippen LogP contribution in [0.5, 0.6) is 0 Å². The maximum absolute atomic E-state index is 12.2. The van der Waals surface area contributed by atoms with Crippen molar-refractivity contribution >= 4 is 5.91 Å². The first kappa shape index (κ1) is 15.8. The van der Waals surface area contributed by atoms with Crippen LogP contribution in [0.3, 0.4) is 0 Å². The van der Waals surface area contributed by atoms with Crippen LogP contribution in [0.2, 0.25) is 0 Å². The molecule has 2 aliphatic rings. The molecule has 20 heavy (non-hydrogen) atoms. The van der Waals surface area contributed by atoms with Gasteiger partial charge in [0.2, 0.25) is 5.91 Å². The van der Waals surface area contributed by atoms with Crippen molar-refractivity contribution < 1.29 is 4.79 Å². The van der Waals surface area contributed by atoms with Crippen molar-refractivity contribution in [1.29, 1.82) is 0 Å². The van der Waals surface area contributed by atoms with Crippen molar-refractivity contribution in [2.75, 3.05) is 33.2 Å². The summed E-state index contributed by atoms with van der Waals surface area (Å²) in [6, 6.07) is 1.29. The molecule has 2 fully saturated rings. The van der Waals surface area contributed by atoms with Crippen LogP contribution < -0.4 is 5.32 Å². The third-order valence-electron chi connectivity index (χ3n) is 5.08. The first-order valence-corrected chi connectivity index (χ1v) is 8.30. The van der Waals surface area contributed by atoms with Crippen molar-refractivity contribution in [3.8, 4) is 0 Å². The van der Waals surface area contributed by atoms with E-state index in [9.17, 15) is 4.79 Å². The van der Waals surface area contributed by atoms with Crippen LogP contribution >= 0.6 is 0 Å². The summed E-state index contributed by atoms with van der Waals surface area (Å²) in [5.41, 5.74) is 0. The first-order valence-electron chi connectivity index (χ1n) is 8.30. The van der Waals surface area contributed by atoms with Crippen LogP contribution in [0.15, 0.2) is 0 Å². The largest absolute Gasteiger partial charge is 0.356 e. The Balaban J connectivity index is 1.63. The monoisotopic (exact) mass is 281 g/mol. The van der Waals surface area contributed by atoms with Crippen LogP contribution in [0.25, 0.3) is 0 Å². The Bertz CT molecular complexity index is 311. The molecule has 0 spiro atoms. The van der Waals surface area contributed by atoms with Gasteiger partial charge < -0.3 is 15.1 Å². The summed E-state index contributed by atoms with van der Waals surface area (Å²) in [6.45, 7) is 8.67. The Morgan fingerprint density at radius 3 is 2.45 bits per heavy atom. The molecule has 1 N–H and O–H groups in total. The Labute approximate surface area is 123 Å². The number of nitrogens with zero attached hydrogens (tertiary/aromatic N) is 2. The lowest BCUT2D eigenvalue weighted by Crippen LogP contribution is -2.43. The number of piperidine rings is 1. The highest BCUT2D eigenvalue weighted by Crippen LogP contribution is 2.20. The molecule has 2 heterocycles. The molecule has 1 atom stereocenters. The Kier molecular flexibility index (Phi) is 5.85. The average Bonchev–Trinajstić information content (AvgIpc) is 2.84. The number of rotatable bonds is 5. The van der Waals surface area contributed by atoms with Gasteiger partial charge in [-0.1, -0.05) is 0 Å². The van der Waals surface area contributed by atoms with E-state index in [0.29, 0.717) is 12.1 Å². The minimum atomic E-state index is 0.242. The third-order valence-corrected chi connectivity index (χ3v) is 5.08. The van der Waals surface area contributed by atoms with Gasteiger partial charge in [0, 0.05) is 24.5 Å². The van der Waals surface area contributed by atoms with Crippen molar-refractivity contribution in [3.63, 3.8) is 0 Å². The standard InChI is InChI=1S/C16H31N3O/c1-13(2)19-11-7-14(8-12-19)16(20)17-9-6-15-5-4-10-18(15)3/h13-15H,4-12H2,1-3H3,(H,17,20). The zero-order chi connectivity index (χ0) is 14.5. The summed E-state index contributed by atoms with van der Waals surface area (Å²) in [7, 11) is 2.20. The number of amides is 1. The normalized spacial score (nSPS) is 26.3. The molecule has 4 heteroatoms. The third kappa shape index (κ3) is 4.19. The molecule has 0 aromatic heterocycles. The predicted molar refractivity (Wildman–Crippen MR) is 82.7 cm³/mol. The van der Waals surface area contributed by atoms with Gasteiger partial charge in [-0.05, 0) is 72.6 Å². The Morgan fingerprint density at radius 1 is 1.20 bits per heavy atom. The highest BCUT2D eigenvalue weighted by atomic mass is 16.1. The number of likely N-dealkylation sites (tertiary alicyclic amines) is 2. The van der Waals surface area contributed by atoms with E-state index in [1.165, 1.54) is 19.4 Å². The van der Waals surface area contributed by atoms with E-state index in [1.54, 1.807) is 0 Å². The summed E-state index contributed by atoms with van der Waals surface area (Å²) in [5.74, 6) is 0.528. The molecule has 1 unspecified atom stereocenters. The zero-order valence-electron chi connectivity index (χ0n) is 13.4. The molecule has 0 saturated carbocycles. The molecular formula is C16H31N3O. The highest BCUT2D eigenvalue weighted by molar-refractivity contribution is 5.78. The molecule has 0 bridgehead atoms. The second-order valence-electron chi connectivity index (χ2n) is 6.76. The summed E-state index contributed by atoms with van der Waals surface area (Å²) in [4.78, 5) is 17.1. The minimum absolute atomic E-state index is 0.242. The van der Waals surface area contributed by atoms with Crippen LogP contribution in [0.4, 0.5) is 0 Å². The van der Waals surface area contributed by atoms with E-state index in [1.807, 2.05) is 0 Å². The van der Waals surface area contributed by atoms with E-state index in [0.717, 1.165) is 38.9 Å². The van der Waals surface area contributed by atoms with Crippen LogP contribution in [-0.4, -0.2) is 61.0 Å². The van der Waals surface area contributed by atoms with Gasteiger partial charge in [-0.3, -0.25) is 4.79 Å². The lowest BCUT2D eigenvalue weighted by molar-refractivity contribution is -0.126. The number of carbonyl (C=O) groups is 1. The fourth-order valence-electron chi connectivity index (χ4n) is 3.53. The number of nitrogens with one attached hydrogen (secondary N) is 1. The molecule has 2 rings (SSSR count).